The van der Waals surface area contributed by atoms with Crippen LogP contribution in [0.15, 0.2) is 59.7 Å². The summed E-state index contributed by atoms with van der Waals surface area (Å²) in [5.74, 6) is -0.502. The Labute approximate surface area is 387 Å². The van der Waals surface area contributed by atoms with Crippen LogP contribution < -0.4 is 25.2 Å². The van der Waals surface area contributed by atoms with E-state index in [9.17, 15) is 32.9 Å². The number of fused-ring (bicyclic) bond motifs is 2. The molecule has 4 fully saturated rings. The molecule has 18 nitrogen and oxygen atoms in total. The molecule has 1 saturated carbocycles. The summed E-state index contributed by atoms with van der Waals surface area (Å²) >= 11 is 0. The molecule has 3 aromatic carbocycles. The van der Waals surface area contributed by atoms with E-state index in [-0.39, 0.29) is 64.2 Å². The van der Waals surface area contributed by atoms with Crippen molar-refractivity contribution in [3.63, 3.8) is 0 Å². The second-order valence-electron chi connectivity index (χ2n) is 18.3. The number of anilines is 2. The summed E-state index contributed by atoms with van der Waals surface area (Å²) < 4.78 is 53.2. The number of aryl methyl sites for hydroxylation is 1. The third-order valence-corrected chi connectivity index (χ3v) is 16.0. The molecule has 2 aromatic heterocycles. The van der Waals surface area contributed by atoms with Crippen molar-refractivity contribution < 1.29 is 31.9 Å². The van der Waals surface area contributed by atoms with Crippen molar-refractivity contribution in [2.24, 2.45) is 12.5 Å². The number of carbonyl (C=O) groups excluding carboxylic acids is 3. The fraction of sp³-hybridized carbons (Fsp3) is 0.468. The number of urea groups is 1. The highest BCUT2D eigenvalue weighted by atomic mass is 32.2. The Bertz CT molecular complexity index is 2980. The van der Waals surface area contributed by atoms with Gasteiger partial charge in [0.15, 0.2) is 17.4 Å². The lowest BCUT2D eigenvalue weighted by atomic mass is 9.67. The molecule has 0 radical (unpaired) electrons. The van der Waals surface area contributed by atoms with E-state index in [4.69, 9.17) is 4.74 Å². The van der Waals surface area contributed by atoms with E-state index in [2.05, 4.69) is 37.2 Å². The van der Waals surface area contributed by atoms with Crippen LogP contribution in [0.1, 0.15) is 87.8 Å². The molecular weight excluding hydrogens is 882 g/mol. The number of rotatable bonds is 11. The summed E-state index contributed by atoms with van der Waals surface area (Å²) in [7, 11) is -0.783. The minimum Gasteiger partial charge on any atom is -0.453 e. The molecule has 2 N–H and O–H groups in total. The number of aromatic nitrogens is 4. The van der Waals surface area contributed by atoms with E-state index in [1.165, 1.54) is 29.6 Å². The number of carbonyl (C=O) groups is 3. The maximum absolute atomic E-state index is 15.1. The van der Waals surface area contributed by atoms with Gasteiger partial charge in [0.1, 0.15) is 17.4 Å². The van der Waals surface area contributed by atoms with Crippen LogP contribution in [0.5, 0.6) is 11.5 Å². The van der Waals surface area contributed by atoms with Crippen molar-refractivity contribution in [2.75, 3.05) is 62.5 Å². The zero-order chi connectivity index (χ0) is 47.2. The normalized spacial score (nSPS) is 18.7. The molecule has 1 aliphatic carbocycles. The lowest BCUT2D eigenvalue weighted by molar-refractivity contribution is -0.135. The van der Waals surface area contributed by atoms with Crippen molar-refractivity contribution in [1.29, 1.82) is 5.26 Å². The predicted molar refractivity (Wildman–Crippen MR) is 248 cm³/mol. The monoisotopic (exact) mass is 935 g/mol. The number of amides is 4. The van der Waals surface area contributed by atoms with Crippen LogP contribution in [0.3, 0.4) is 0 Å². The lowest BCUT2D eigenvalue weighted by Crippen LogP contribution is -2.49. The van der Waals surface area contributed by atoms with Gasteiger partial charge in [-0.25, -0.2) is 14.2 Å². The number of nitrogens with one attached hydrogen (secondary N) is 2. The number of ether oxygens (including phenoxy) is 1. The third-order valence-electron chi connectivity index (χ3n) is 14.5. The van der Waals surface area contributed by atoms with Crippen LogP contribution in [-0.4, -0.2) is 113 Å². The Kier molecular flexibility index (Phi) is 12.5. The summed E-state index contributed by atoms with van der Waals surface area (Å²) in [6, 6.07) is 14.3. The molecule has 4 aliphatic rings. The Morgan fingerprint density at radius 1 is 0.985 bits per heavy atom. The van der Waals surface area contributed by atoms with E-state index in [1.54, 1.807) is 28.6 Å². The molecule has 1 spiro atoms. The van der Waals surface area contributed by atoms with Crippen molar-refractivity contribution in [3.8, 4) is 17.6 Å². The fourth-order valence-electron chi connectivity index (χ4n) is 10.2. The highest BCUT2D eigenvalue weighted by molar-refractivity contribution is 7.90. The molecule has 3 saturated heterocycles. The van der Waals surface area contributed by atoms with Gasteiger partial charge in [0.25, 0.3) is 5.56 Å². The van der Waals surface area contributed by atoms with E-state index in [0.717, 1.165) is 91.8 Å². The SMILES string of the molecule is CCN(C)S(=O)(=O)Nc1ccc(F)c(Oc2ccc3ncn(C4CCC5(CC4)CCN(C(=O)CN4CCC(c6ccc7c(N8CCC(=O)NC8=O)nn(C)c7c6)CC4)CC5)c(=O)c3c2)c1C#N. The number of piperidine rings is 2. The highest BCUT2D eigenvalue weighted by Gasteiger charge is 2.40. The summed E-state index contributed by atoms with van der Waals surface area (Å²) in [6.45, 7) is 5.57. The predicted octanol–water partition coefficient (Wildman–Crippen LogP) is 5.74. The minimum absolute atomic E-state index is 0.0739. The topological polar surface area (TPSA) is 208 Å². The molecule has 0 atom stereocenters. The van der Waals surface area contributed by atoms with Gasteiger partial charge in [0.2, 0.25) is 11.8 Å². The molecule has 4 amide bonds. The Morgan fingerprint density at radius 2 is 1.73 bits per heavy atom. The largest absolute Gasteiger partial charge is 0.453 e. The van der Waals surface area contributed by atoms with Crippen molar-refractivity contribution in [1.82, 2.24) is 38.8 Å². The highest BCUT2D eigenvalue weighted by Crippen LogP contribution is 2.47. The van der Waals surface area contributed by atoms with Crippen LogP contribution >= 0.6 is 0 Å². The van der Waals surface area contributed by atoms with Gasteiger partial charge in [0, 0.05) is 58.1 Å². The zero-order valence-corrected chi connectivity index (χ0v) is 38.6. The van der Waals surface area contributed by atoms with Gasteiger partial charge in [-0.15, -0.1) is 0 Å². The van der Waals surface area contributed by atoms with Crippen molar-refractivity contribution in [2.45, 2.75) is 76.7 Å². The second-order valence-corrected chi connectivity index (χ2v) is 20.1. The lowest BCUT2D eigenvalue weighted by Gasteiger charge is -2.46. The zero-order valence-electron chi connectivity index (χ0n) is 37.8. The average Bonchev–Trinajstić information content (AvgIpc) is 3.65. The second kappa shape index (κ2) is 18.3. The molecule has 20 heteroatoms. The summed E-state index contributed by atoms with van der Waals surface area (Å²) in [6.07, 6.45) is 8.90. The number of halogens is 1. The number of hydrogen-bond donors (Lipinski definition) is 2. The first kappa shape index (κ1) is 45.7. The van der Waals surface area contributed by atoms with E-state index in [1.807, 2.05) is 24.1 Å². The van der Waals surface area contributed by atoms with Crippen LogP contribution in [0.2, 0.25) is 0 Å². The number of nitriles is 1. The number of likely N-dealkylation sites (tertiary alicyclic amines) is 2. The molecule has 352 valence electrons. The Hall–Kier alpha value is -6.43. The van der Waals surface area contributed by atoms with Gasteiger partial charge in [-0.2, -0.15) is 23.1 Å². The molecule has 9 rings (SSSR count). The standard InChI is InChI=1S/C47H54FN11O7S/c1-4-54(2)67(64,65)53-39-10-8-37(48)43(36(39)27-49)66-33-6-9-38-35(26-33)45(62)59(29-50-38)32-11-16-47(17-12-32)18-23-57(24-19-47)42(61)28-56-20-13-30(14-21-56)31-5-7-34-40(25-31)55(3)52-44(34)58-22-15-41(60)51-46(58)63/h5-10,25-26,29-30,32,53H,4,11-24,28H2,1-3H3,(H,51,60,63). The van der Waals surface area contributed by atoms with Gasteiger partial charge in [-0.3, -0.25) is 43.5 Å². The Balaban J connectivity index is 0.775. The molecule has 0 bridgehead atoms. The Morgan fingerprint density at radius 3 is 2.43 bits per heavy atom. The first-order chi connectivity index (χ1) is 32.2. The summed E-state index contributed by atoms with van der Waals surface area (Å²) in [5.41, 5.74) is 1.91. The molecule has 5 heterocycles. The number of hydrogen-bond acceptors (Lipinski definition) is 11. The maximum Gasteiger partial charge on any atom is 0.329 e. The maximum atomic E-state index is 15.1. The van der Waals surface area contributed by atoms with Crippen LogP contribution in [0.4, 0.5) is 20.7 Å². The molecule has 3 aliphatic heterocycles. The molecule has 0 unspecified atom stereocenters. The van der Waals surface area contributed by atoms with E-state index < -0.39 is 27.8 Å². The average molecular weight is 936 g/mol. The first-order valence-corrected chi connectivity index (χ1v) is 24.3. The summed E-state index contributed by atoms with van der Waals surface area (Å²) in [5, 5.41) is 18.1. The van der Waals surface area contributed by atoms with Gasteiger partial charge < -0.3 is 9.64 Å². The quantitative estimate of drug-likeness (QED) is 0.163. The minimum atomic E-state index is -4.01. The van der Waals surface area contributed by atoms with Gasteiger partial charge in [-0.05, 0) is 124 Å². The number of imide groups is 1. The molecule has 5 aromatic rings. The van der Waals surface area contributed by atoms with Gasteiger partial charge in [-0.1, -0.05) is 13.0 Å². The fourth-order valence-corrected chi connectivity index (χ4v) is 11.2. The van der Waals surface area contributed by atoms with E-state index >= 15 is 4.39 Å². The number of nitrogens with zero attached hydrogens (tertiary/aromatic N) is 9. The number of benzene rings is 3. The first-order valence-electron chi connectivity index (χ1n) is 22.9. The van der Waals surface area contributed by atoms with E-state index in [0.29, 0.717) is 43.4 Å². The van der Waals surface area contributed by atoms with Crippen LogP contribution in [0.25, 0.3) is 21.8 Å². The van der Waals surface area contributed by atoms with Gasteiger partial charge >= 0.3 is 16.2 Å². The van der Waals surface area contributed by atoms with Crippen molar-refractivity contribution in [3.05, 3.63) is 82.2 Å². The summed E-state index contributed by atoms with van der Waals surface area (Å²) in [4.78, 5) is 62.2. The molecule has 67 heavy (non-hydrogen) atoms. The third kappa shape index (κ3) is 9.07. The van der Waals surface area contributed by atoms with Gasteiger partial charge in [0.05, 0.1) is 35.0 Å². The van der Waals surface area contributed by atoms with Crippen LogP contribution in [0, 0.1) is 22.6 Å². The van der Waals surface area contributed by atoms with Crippen LogP contribution in [-0.2, 0) is 26.8 Å². The van der Waals surface area contributed by atoms with Crippen molar-refractivity contribution >= 4 is 61.4 Å². The smallest absolute Gasteiger partial charge is 0.329 e. The molecular formula is C47H54FN11O7S.